The van der Waals surface area contributed by atoms with E-state index in [-0.39, 0.29) is 0 Å². The molecule has 0 unspecified atom stereocenters. The van der Waals surface area contributed by atoms with Gasteiger partial charge in [0.15, 0.2) is 0 Å². The van der Waals surface area contributed by atoms with Gasteiger partial charge in [-0.05, 0) is 54.2 Å². The standard InChI is InChI=1S/C18H21ClO/c1-12(2)16-7-5-13(3)18(10-16)20-17-8-6-15(11-19)9-14(17)4/h5-10,12H,11H2,1-4H3. The Balaban J connectivity index is 2.32. The van der Waals surface area contributed by atoms with Crippen molar-refractivity contribution in [1.82, 2.24) is 0 Å². The van der Waals surface area contributed by atoms with Crippen LogP contribution in [-0.2, 0) is 5.88 Å². The summed E-state index contributed by atoms with van der Waals surface area (Å²) in [6, 6.07) is 12.5. The molecule has 0 aliphatic heterocycles. The molecule has 2 aromatic carbocycles. The van der Waals surface area contributed by atoms with E-state index in [9.17, 15) is 0 Å². The Labute approximate surface area is 126 Å². The first kappa shape index (κ1) is 14.9. The highest BCUT2D eigenvalue weighted by Gasteiger charge is 2.08. The Morgan fingerprint density at radius 2 is 1.70 bits per heavy atom. The fourth-order valence-electron chi connectivity index (χ4n) is 2.11. The van der Waals surface area contributed by atoms with Crippen LogP contribution in [0.25, 0.3) is 0 Å². The summed E-state index contributed by atoms with van der Waals surface area (Å²) in [5.41, 5.74) is 4.66. The minimum absolute atomic E-state index is 0.498. The molecule has 0 aliphatic carbocycles. The van der Waals surface area contributed by atoms with Crippen LogP contribution in [0.15, 0.2) is 36.4 Å². The zero-order valence-corrected chi connectivity index (χ0v) is 13.3. The largest absolute Gasteiger partial charge is 0.457 e. The summed E-state index contributed by atoms with van der Waals surface area (Å²) < 4.78 is 6.09. The van der Waals surface area contributed by atoms with Gasteiger partial charge >= 0.3 is 0 Å². The number of halogens is 1. The van der Waals surface area contributed by atoms with Gasteiger partial charge in [0.2, 0.25) is 0 Å². The molecular weight excluding hydrogens is 268 g/mol. The van der Waals surface area contributed by atoms with Crippen LogP contribution in [0.1, 0.15) is 42.0 Å². The van der Waals surface area contributed by atoms with Gasteiger partial charge < -0.3 is 4.74 Å². The quantitative estimate of drug-likeness (QED) is 0.631. The molecule has 0 aliphatic rings. The van der Waals surface area contributed by atoms with Gasteiger partial charge in [-0.25, -0.2) is 0 Å². The molecule has 0 heterocycles. The number of benzene rings is 2. The highest BCUT2D eigenvalue weighted by molar-refractivity contribution is 6.17. The third-order valence-corrected chi connectivity index (χ3v) is 3.80. The van der Waals surface area contributed by atoms with Crippen molar-refractivity contribution in [2.45, 2.75) is 39.5 Å². The minimum Gasteiger partial charge on any atom is -0.457 e. The highest BCUT2D eigenvalue weighted by Crippen LogP contribution is 2.31. The smallest absolute Gasteiger partial charge is 0.130 e. The lowest BCUT2D eigenvalue weighted by atomic mass is 10.0. The molecule has 0 spiro atoms. The first-order valence-corrected chi connectivity index (χ1v) is 7.48. The van der Waals surface area contributed by atoms with Gasteiger partial charge in [0.25, 0.3) is 0 Å². The lowest BCUT2D eigenvalue weighted by Crippen LogP contribution is -1.94. The van der Waals surface area contributed by atoms with E-state index in [0.29, 0.717) is 11.8 Å². The van der Waals surface area contributed by atoms with E-state index in [1.54, 1.807) is 0 Å². The molecule has 20 heavy (non-hydrogen) atoms. The predicted molar refractivity (Wildman–Crippen MR) is 86.1 cm³/mol. The minimum atomic E-state index is 0.498. The Kier molecular flexibility index (Phi) is 4.72. The third-order valence-electron chi connectivity index (χ3n) is 3.49. The lowest BCUT2D eigenvalue weighted by molar-refractivity contribution is 0.474. The summed E-state index contributed by atoms with van der Waals surface area (Å²) in [7, 11) is 0. The van der Waals surface area contributed by atoms with Crippen LogP contribution in [0.4, 0.5) is 0 Å². The Morgan fingerprint density at radius 1 is 0.950 bits per heavy atom. The van der Waals surface area contributed by atoms with Crippen molar-refractivity contribution in [3.05, 3.63) is 58.7 Å². The first-order valence-electron chi connectivity index (χ1n) is 6.95. The van der Waals surface area contributed by atoms with Crippen LogP contribution in [0.3, 0.4) is 0 Å². The molecule has 0 aromatic heterocycles. The number of rotatable bonds is 4. The molecule has 2 rings (SSSR count). The average Bonchev–Trinajstić information content (AvgIpc) is 2.42. The van der Waals surface area contributed by atoms with Crippen molar-refractivity contribution in [3.63, 3.8) is 0 Å². The van der Waals surface area contributed by atoms with E-state index in [1.165, 1.54) is 5.56 Å². The Bertz CT molecular complexity index is 602. The molecule has 0 atom stereocenters. The summed E-state index contributed by atoms with van der Waals surface area (Å²) in [4.78, 5) is 0. The van der Waals surface area contributed by atoms with Crippen LogP contribution < -0.4 is 4.74 Å². The lowest BCUT2D eigenvalue weighted by Gasteiger charge is -2.14. The number of hydrogen-bond acceptors (Lipinski definition) is 1. The highest BCUT2D eigenvalue weighted by atomic mass is 35.5. The van der Waals surface area contributed by atoms with E-state index in [4.69, 9.17) is 16.3 Å². The zero-order chi connectivity index (χ0) is 14.7. The maximum Gasteiger partial charge on any atom is 0.130 e. The van der Waals surface area contributed by atoms with Gasteiger partial charge in [0, 0.05) is 5.88 Å². The Morgan fingerprint density at radius 3 is 2.30 bits per heavy atom. The monoisotopic (exact) mass is 288 g/mol. The topological polar surface area (TPSA) is 9.23 Å². The number of alkyl halides is 1. The Hall–Kier alpha value is -1.47. The van der Waals surface area contributed by atoms with E-state index >= 15 is 0 Å². The molecule has 2 aromatic rings. The second-order valence-electron chi connectivity index (χ2n) is 5.52. The summed E-state index contributed by atoms with van der Waals surface area (Å²) in [5.74, 6) is 2.85. The number of hydrogen-bond donors (Lipinski definition) is 0. The van der Waals surface area contributed by atoms with Crippen molar-refractivity contribution < 1.29 is 4.74 Å². The molecule has 0 saturated heterocycles. The van der Waals surface area contributed by atoms with Crippen LogP contribution in [0, 0.1) is 13.8 Å². The fourth-order valence-corrected chi connectivity index (χ4v) is 2.28. The maximum atomic E-state index is 6.09. The van der Waals surface area contributed by atoms with Gasteiger partial charge in [-0.15, -0.1) is 11.6 Å². The number of aryl methyl sites for hydroxylation is 2. The van der Waals surface area contributed by atoms with E-state index in [2.05, 4.69) is 45.0 Å². The first-order chi connectivity index (χ1) is 9.51. The molecule has 0 amide bonds. The third kappa shape index (κ3) is 3.34. The molecule has 2 heteroatoms. The summed E-state index contributed by atoms with van der Waals surface area (Å²) in [6.45, 7) is 8.50. The zero-order valence-electron chi connectivity index (χ0n) is 12.5. The van der Waals surface area contributed by atoms with E-state index in [1.807, 2.05) is 19.1 Å². The van der Waals surface area contributed by atoms with Crippen molar-refractivity contribution in [1.29, 1.82) is 0 Å². The second kappa shape index (κ2) is 6.32. The average molecular weight is 289 g/mol. The van der Waals surface area contributed by atoms with Gasteiger partial charge in [-0.2, -0.15) is 0 Å². The summed E-state index contributed by atoms with van der Waals surface area (Å²) >= 11 is 5.85. The van der Waals surface area contributed by atoms with Crippen LogP contribution in [0.5, 0.6) is 11.5 Å². The molecule has 0 saturated carbocycles. The molecule has 1 nitrogen and oxygen atoms in total. The van der Waals surface area contributed by atoms with Crippen LogP contribution >= 0.6 is 11.6 Å². The van der Waals surface area contributed by atoms with Gasteiger partial charge in [0.1, 0.15) is 11.5 Å². The molecular formula is C18H21ClO. The predicted octanol–water partition coefficient (Wildman–Crippen LogP) is 5.96. The maximum absolute atomic E-state index is 6.09. The van der Waals surface area contributed by atoms with Gasteiger partial charge in [0.05, 0.1) is 0 Å². The molecule has 0 N–H and O–H groups in total. The molecule has 0 bridgehead atoms. The molecule has 0 radical (unpaired) electrons. The number of ether oxygens (including phenoxy) is 1. The fraction of sp³-hybridized carbons (Fsp3) is 0.333. The van der Waals surface area contributed by atoms with Crippen molar-refractivity contribution >= 4 is 11.6 Å². The summed E-state index contributed by atoms with van der Waals surface area (Å²) in [5, 5.41) is 0. The van der Waals surface area contributed by atoms with Gasteiger partial charge in [-0.1, -0.05) is 38.1 Å². The van der Waals surface area contributed by atoms with Gasteiger partial charge in [-0.3, -0.25) is 0 Å². The molecule has 106 valence electrons. The van der Waals surface area contributed by atoms with E-state index < -0.39 is 0 Å². The SMILES string of the molecule is Cc1cc(CCl)ccc1Oc1cc(C(C)C)ccc1C. The van der Waals surface area contributed by atoms with E-state index in [0.717, 1.165) is 28.2 Å². The van der Waals surface area contributed by atoms with Crippen molar-refractivity contribution in [3.8, 4) is 11.5 Å². The normalized spacial score (nSPS) is 10.9. The van der Waals surface area contributed by atoms with Crippen LogP contribution in [0.2, 0.25) is 0 Å². The van der Waals surface area contributed by atoms with Crippen molar-refractivity contribution in [2.75, 3.05) is 0 Å². The van der Waals surface area contributed by atoms with Crippen molar-refractivity contribution in [2.24, 2.45) is 0 Å². The second-order valence-corrected chi connectivity index (χ2v) is 5.78. The van der Waals surface area contributed by atoms with Crippen LogP contribution in [-0.4, -0.2) is 0 Å². The summed E-state index contributed by atoms with van der Waals surface area (Å²) in [6.07, 6.45) is 0. The molecule has 0 fully saturated rings.